The zero-order valence-corrected chi connectivity index (χ0v) is 27.4. The molecule has 3 rings (SSSR count). The molecule has 4 unspecified atom stereocenters. The maximum Gasteiger partial charge on any atom is 0.0725 e. The van der Waals surface area contributed by atoms with Gasteiger partial charge in [-0.25, -0.2) is 0 Å². The highest BCUT2D eigenvalue weighted by Crippen LogP contribution is 2.32. The molecule has 42 heavy (non-hydrogen) atoms. The lowest BCUT2D eigenvalue weighted by atomic mass is 9.81. The van der Waals surface area contributed by atoms with Crippen LogP contribution in [0.2, 0.25) is 0 Å². The smallest absolute Gasteiger partial charge is 0.0725 e. The fourth-order valence-electron chi connectivity index (χ4n) is 6.43. The Balaban J connectivity index is 1.68. The molecule has 1 N–H and O–H groups in total. The maximum atomic E-state index is 5.15. The van der Waals surface area contributed by atoms with Crippen LogP contribution in [0.15, 0.2) is 102 Å². The van der Waals surface area contributed by atoms with Crippen molar-refractivity contribution in [2.45, 2.75) is 105 Å². The van der Waals surface area contributed by atoms with Gasteiger partial charge in [0.05, 0.1) is 11.4 Å². The highest BCUT2D eigenvalue weighted by Gasteiger charge is 2.25. The molecule has 4 atom stereocenters. The average Bonchev–Trinajstić information content (AvgIpc) is 3.00. The van der Waals surface area contributed by atoms with Crippen molar-refractivity contribution in [3.8, 4) is 0 Å². The minimum Gasteiger partial charge on any atom is -0.385 e. The van der Waals surface area contributed by atoms with E-state index in [1.807, 2.05) is 6.08 Å². The second-order valence-electron chi connectivity index (χ2n) is 12.5. The third-order valence-electron chi connectivity index (χ3n) is 9.22. The Bertz CT molecular complexity index is 1250. The van der Waals surface area contributed by atoms with Gasteiger partial charge in [-0.1, -0.05) is 121 Å². The van der Waals surface area contributed by atoms with Crippen LogP contribution in [0.3, 0.4) is 0 Å². The summed E-state index contributed by atoms with van der Waals surface area (Å²) < 4.78 is 0. The van der Waals surface area contributed by atoms with Crippen LogP contribution >= 0.6 is 0 Å². The van der Waals surface area contributed by atoms with Gasteiger partial charge in [-0.2, -0.15) is 0 Å². The predicted octanol–water partition coefficient (Wildman–Crippen LogP) is 11.3. The molecule has 1 aliphatic rings. The summed E-state index contributed by atoms with van der Waals surface area (Å²) >= 11 is 0. The Kier molecular flexibility index (Phi) is 13.6. The normalized spacial score (nSPS) is 18.4. The number of aliphatic imine (C=N–C) groups is 1. The predicted molar refractivity (Wildman–Crippen MR) is 186 cm³/mol. The Labute approximate surface area is 257 Å². The van der Waals surface area contributed by atoms with E-state index in [9.17, 15) is 0 Å². The Morgan fingerprint density at radius 1 is 0.952 bits per heavy atom. The molecule has 0 aliphatic carbocycles. The van der Waals surface area contributed by atoms with Gasteiger partial charge in [0, 0.05) is 23.2 Å². The van der Waals surface area contributed by atoms with E-state index in [1.165, 1.54) is 79.3 Å². The van der Waals surface area contributed by atoms with E-state index in [0.29, 0.717) is 6.04 Å². The lowest BCUT2D eigenvalue weighted by Crippen LogP contribution is -2.34. The molecule has 2 aromatic carbocycles. The molecular weight excluding hydrogens is 508 g/mol. The SMILES string of the molecule is C=C/C(C)=C1/N=C(c2ccccc2C)C=C(NC(CCC)CCC(C)C(CCC)CCCC(=C)c2ccccc2)C1C. The van der Waals surface area contributed by atoms with Crippen LogP contribution in [0.1, 0.15) is 109 Å². The van der Waals surface area contributed by atoms with Crippen LogP contribution in [0.4, 0.5) is 0 Å². The van der Waals surface area contributed by atoms with Gasteiger partial charge >= 0.3 is 0 Å². The lowest BCUT2D eigenvalue weighted by Gasteiger charge is -2.31. The largest absolute Gasteiger partial charge is 0.385 e. The van der Waals surface area contributed by atoms with Gasteiger partial charge in [0.15, 0.2) is 0 Å². The van der Waals surface area contributed by atoms with Gasteiger partial charge in [-0.15, -0.1) is 0 Å². The van der Waals surface area contributed by atoms with Gasteiger partial charge < -0.3 is 5.32 Å². The molecular formula is C40H56N2. The minimum absolute atomic E-state index is 0.220. The Morgan fingerprint density at radius 2 is 1.64 bits per heavy atom. The van der Waals surface area contributed by atoms with Gasteiger partial charge in [-0.3, -0.25) is 4.99 Å². The van der Waals surface area contributed by atoms with E-state index in [4.69, 9.17) is 4.99 Å². The summed E-state index contributed by atoms with van der Waals surface area (Å²) in [6.45, 7) is 22.2. The number of allylic oxidation sites excluding steroid dienone is 4. The average molecular weight is 565 g/mol. The molecule has 0 saturated heterocycles. The van der Waals surface area contributed by atoms with Crippen molar-refractivity contribution in [1.82, 2.24) is 5.32 Å². The van der Waals surface area contributed by atoms with Crippen LogP contribution in [-0.2, 0) is 0 Å². The molecule has 0 bridgehead atoms. The first-order chi connectivity index (χ1) is 20.3. The van der Waals surface area contributed by atoms with E-state index in [-0.39, 0.29) is 5.92 Å². The van der Waals surface area contributed by atoms with Crippen molar-refractivity contribution >= 4 is 11.3 Å². The van der Waals surface area contributed by atoms with Crippen LogP contribution in [0, 0.1) is 24.7 Å². The fraction of sp³-hybridized carbons (Fsp3) is 0.475. The molecule has 0 aromatic heterocycles. The van der Waals surface area contributed by atoms with E-state index in [0.717, 1.165) is 35.2 Å². The number of aryl methyl sites for hydroxylation is 1. The third-order valence-corrected chi connectivity index (χ3v) is 9.22. The number of dihydropyridines is 1. The third kappa shape index (κ3) is 9.45. The minimum atomic E-state index is 0.220. The molecule has 0 radical (unpaired) electrons. The number of hydrogen-bond acceptors (Lipinski definition) is 2. The van der Waals surface area contributed by atoms with Crippen LogP contribution in [-0.4, -0.2) is 11.8 Å². The molecule has 0 amide bonds. The van der Waals surface area contributed by atoms with E-state index >= 15 is 0 Å². The monoisotopic (exact) mass is 564 g/mol. The van der Waals surface area contributed by atoms with Crippen LogP contribution in [0.25, 0.3) is 5.57 Å². The zero-order chi connectivity index (χ0) is 30.5. The van der Waals surface area contributed by atoms with E-state index in [2.05, 4.69) is 121 Å². The number of rotatable bonds is 17. The number of hydrogen-bond donors (Lipinski definition) is 1. The molecule has 2 aromatic rings. The van der Waals surface area contributed by atoms with Crippen LogP contribution in [0.5, 0.6) is 0 Å². The lowest BCUT2D eigenvalue weighted by molar-refractivity contribution is 0.274. The first-order valence-electron chi connectivity index (χ1n) is 16.5. The summed E-state index contributed by atoms with van der Waals surface area (Å²) in [5.41, 5.74) is 9.63. The molecule has 0 saturated carbocycles. The van der Waals surface area contributed by atoms with Crippen molar-refractivity contribution < 1.29 is 0 Å². The quantitative estimate of drug-likeness (QED) is 0.203. The summed E-state index contributed by atoms with van der Waals surface area (Å²) in [6.07, 6.45) is 15.3. The van der Waals surface area contributed by atoms with Crippen LogP contribution < -0.4 is 5.32 Å². The van der Waals surface area contributed by atoms with Gasteiger partial charge in [0.2, 0.25) is 0 Å². The van der Waals surface area contributed by atoms with Gasteiger partial charge in [0.1, 0.15) is 0 Å². The topological polar surface area (TPSA) is 24.4 Å². The number of benzene rings is 2. The van der Waals surface area contributed by atoms with Crippen molar-refractivity contribution in [3.63, 3.8) is 0 Å². The highest BCUT2D eigenvalue weighted by molar-refractivity contribution is 6.11. The van der Waals surface area contributed by atoms with Crippen molar-refractivity contribution in [1.29, 1.82) is 0 Å². The van der Waals surface area contributed by atoms with Gasteiger partial charge in [-0.05, 0) is 92.6 Å². The molecule has 2 nitrogen and oxygen atoms in total. The summed E-state index contributed by atoms with van der Waals surface area (Å²) in [5.74, 6) is 1.72. The summed E-state index contributed by atoms with van der Waals surface area (Å²) in [7, 11) is 0. The maximum absolute atomic E-state index is 5.15. The highest BCUT2D eigenvalue weighted by atomic mass is 15.0. The standard InChI is InChI=1S/C40H56N2/c1-9-18-34(24-17-21-30(5)35-22-13-12-14-23-35)31(6)26-27-36(19-10-2)41-38-28-39(37-25-16-15-20-32(37)7)42-40(33(38)8)29(4)11-3/h11-16,20,22-23,25,28,31,33-34,36,41H,3,5,9-10,17-19,21,24,26-27H2,1-2,4,6-8H3/b40-29+. The van der Waals surface area contributed by atoms with E-state index < -0.39 is 0 Å². The molecule has 2 heteroatoms. The molecule has 0 fully saturated rings. The fourth-order valence-corrected chi connectivity index (χ4v) is 6.43. The molecule has 226 valence electrons. The van der Waals surface area contributed by atoms with Crippen molar-refractivity contribution in [3.05, 3.63) is 114 Å². The second kappa shape index (κ2) is 17.1. The summed E-state index contributed by atoms with van der Waals surface area (Å²) in [6, 6.07) is 19.7. The number of nitrogens with zero attached hydrogens (tertiary/aromatic N) is 1. The molecule has 1 aliphatic heterocycles. The summed E-state index contributed by atoms with van der Waals surface area (Å²) in [4.78, 5) is 5.15. The second-order valence-corrected chi connectivity index (χ2v) is 12.5. The first kappa shape index (κ1) is 33.4. The molecule has 1 heterocycles. The molecule has 0 spiro atoms. The zero-order valence-electron chi connectivity index (χ0n) is 27.4. The Morgan fingerprint density at radius 3 is 2.31 bits per heavy atom. The first-order valence-corrected chi connectivity index (χ1v) is 16.5. The van der Waals surface area contributed by atoms with E-state index in [1.54, 1.807) is 0 Å². The van der Waals surface area contributed by atoms with Crippen molar-refractivity contribution in [2.75, 3.05) is 0 Å². The van der Waals surface area contributed by atoms with Gasteiger partial charge in [0.25, 0.3) is 0 Å². The number of nitrogens with one attached hydrogen (secondary N) is 1. The summed E-state index contributed by atoms with van der Waals surface area (Å²) in [5, 5.41) is 4.04. The van der Waals surface area contributed by atoms with Crippen molar-refractivity contribution in [2.24, 2.45) is 22.7 Å². The Hall–Kier alpha value is -3.13.